The van der Waals surface area contributed by atoms with E-state index in [9.17, 15) is 9.18 Å². The minimum atomic E-state index is -0.589. The van der Waals surface area contributed by atoms with Crippen LogP contribution in [0.4, 0.5) is 10.1 Å². The summed E-state index contributed by atoms with van der Waals surface area (Å²) in [5.74, 6) is 0.0742. The number of hydrogen-bond donors (Lipinski definition) is 2. The van der Waals surface area contributed by atoms with E-state index in [4.69, 9.17) is 11.6 Å². The van der Waals surface area contributed by atoms with Gasteiger partial charge >= 0.3 is 0 Å². The van der Waals surface area contributed by atoms with E-state index in [1.54, 1.807) is 28.9 Å². The number of carbonyl (C=O) groups excluding carboxylic acids is 1. The lowest BCUT2D eigenvalue weighted by molar-refractivity contribution is -0.116. The van der Waals surface area contributed by atoms with Crippen LogP contribution in [-0.4, -0.2) is 26.0 Å². The van der Waals surface area contributed by atoms with E-state index in [0.717, 1.165) is 16.7 Å². The zero-order chi connectivity index (χ0) is 22.9. The van der Waals surface area contributed by atoms with Gasteiger partial charge in [-0.15, -0.1) is 10.2 Å². The van der Waals surface area contributed by atoms with Crippen LogP contribution in [-0.2, 0) is 4.79 Å². The summed E-state index contributed by atoms with van der Waals surface area (Å²) in [5.41, 5.74) is 6.58. The molecule has 2 heterocycles. The number of halogens is 2. The first kappa shape index (κ1) is 21.5. The molecule has 0 aliphatic carbocycles. The Morgan fingerprint density at radius 2 is 1.85 bits per heavy atom. The molecule has 9 heteroatoms. The van der Waals surface area contributed by atoms with Gasteiger partial charge in [-0.3, -0.25) is 4.79 Å². The quantitative estimate of drug-likeness (QED) is 0.407. The summed E-state index contributed by atoms with van der Waals surface area (Å²) < 4.78 is 15.4. The third kappa shape index (κ3) is 4.31. The van der Waals surface area contributed by atoms with Gasteiger partial charge in [0.1, 0.15) is 11.1 Å². The third-order valence-electron chi connectivity index (χ3n) is 5.41. The number of benzene rings is 3. The number of carbonyl (C=O) groups is 1. The number of rotatable bonds is 4. The standard InChI is InChI=1S/C24H19ClFN5OS/c1-14-7-10-17(25)13-19(14)27-23(32)21-20(15-8-11-18(26)12-9-15)30-31-22(28-29-24(31)33-21)16-5-3-2-4-6-16/h2-13,20-21,30H,1H3,(H,27,32). The minimum Gasteiger partial charge on any atom is -0.325 e. The van der Waals surface area contributed by atoms with Crippen LogP contribution in [0, 0.1) is 12.7 Å². The predicted octanol–water partition coefficient (Wildman–Crippen LogP) is 5.44. The molecule has 2 unspecified atom stereocenters. The Kier molecular flexibility index (Phi) is 5.78. The van der Waals surface area contributed by atoms with Crippen LogP contribution in [0.5, 0.6) is 0 Å². The molecular formula is C24H19ClFN5OS. The van der Waals surface area contributed by atoms with Gasteiger partial charge in [-0.05, 0) is 42.3 Å². The lowest BCUT2D eigenvalue weighted by atomic mass is 10.0. The van der Waals surface area contributed by atoms with E-state index in [2.05, 4.69) is 20.9 Å². The number of aromatic nitrogens is 3. The van der Waals surface area contributed by atoms with Crippen molar-refractivity contribution in [1.82, 2.24) is 14.9 Å². The second-order valence-electron chi connectivity index (χ2n) is 7.65. The predicted molar refractivity (Wildman–Crippen MR) is 128 cm³/mol. The number of aryl methyl sites for hydroxylation is 1. The van der Waals surface area contributed by atoms with Crippen molar-refractivity contribution in [3.63, 3.8) is 0 Å². The average molecular weight is 480 g/mol. The topological polar surface area (TPSA) is 71.8 Å². The maximum atomic E-state index is 13.6. The van der Waals surface area contributed by atoms with Crippen LogP contribution in [0.2, 0.25) is 5.02 Å². The van der Waals surface area contributed by atoms with Gasteiger partial charge < -0.3 is 10.7 Å². The fourth-order valence-electron chi connectivity index (χ4n) is 3.68. The van der Waals surface area contributed by atoms with Gasteiger partial charge in [0.05, 0.1) is 6.04 Å². The fourth-order valence-corrected chi connectivity index (χ4v) is 4.93. The maximum absolute atomic E-state index is 13.6. The molecule has 1 aliphatic heterocycles. The molecule has 0 fully saturated rings. The van der Waals surface area contributed by atoms with Gasteiger partial charge in [0.2, 0.25) is 11.1 Å². The molecule has 0 radical (unpaired) electrons. The molecule has 2 N–H and O–H groups in total. The average Bonchev–Trinajstić information content (AvgIpc) is 3.25. The summed E-state index contributed by atoms with van der Waals surface area (Å²) in [4.78, 5) is 13.4. The van der Waals surface area contributed by atoms with E-state index >= 15 is 0 Å². The maximum Gasteiger partial charge on any atom is 0.240 e. The normalized spacial score (nSPS) is 17.2. The van der Waals surface area contributed by atoms with Gasteiger partial charge in [0.15, 0.2) is 5.82 Å². The zero-order valence-corrected chi connectivity index (χ0v) is 19.1. The number of hydrogen-bond acceptors (Lipinski definition) is 5. The highest BCUT2D eigenvalue weighted by Gasteiger charge is 2.38. The Hall–Kier alpha value is -3.36. The van der Waals surface area contributed by atoms with Gasteiger partial charge in [-0.25, -0.2) is 9.07 Å². The molecule has 33 heavy (non-hydrogen) atoms. The number of thioether (sulfide) groups is 1. The van der Waals surface area contributed by atoms with E-state index in [1.807, 2.05) is 43.3 Å². The highest BCUT2D eigenvalue weighted by molar-refractivity contribution is 8.00. The summed E-state index contributed by atoms with van der Waals surface area (Å²) in [5, 5.41) is 12.1. The smallest absolute Gasteiger partial charge is 0.240 e. The Morgan fingerprint density at radius 1 is 1.09 bits per heavy atom. The molecule has 5 rings (SSSR count). The summed E-state index contributed by atoms with van der Waals surface area (Å²) in [6, 6.07) is 20.7. The van der Waals surface area contributed by atoms with Crippen LogP contribution in [0.25, 0.3) is 11.4 Å². The lowest BCUT2D eigenvalue weighted by Crippen LogP contribution is -2.41. The third-order valence-corrected chi connectivity index (χ3v) is 6.86. The van der Waals surface area contributed by atoms with Crippen molar-refractivity contribution in [1.29, 1.82) is 0 Å². The number of nitrogens with zero attached hydrogens (tertiary/aromatic N) is 3. The van der Waals surface area contributed by atoms with Crippen molar-refractivity contribution in [2.75, 3.05) is 10.7 Å². The first-order valence-corrected chi connectivity index (χ1v) is 11.5. The van der Waals surface area contributed by atoms with Crippen molar-refractivity contribution < 1.29 is 9.18 Å². The molecular weight excluding hydrogens is 461 g/mol. The van der Waals surface area contributed by atoms with Gasteiger partial charge in [0.25, 0.3) is 0 Å². The molecule has 0 saturated carbocycles. The minimum absolute atomic E-state index is 0.220. The Morgan fingerprint density at radius 3 is 2.61 bits per heavy atom. The van der Waals surface area contributed by atoms with Crippen LogP contribution in [0.15, 0.2) is 78.0 Å². The SMILES string of the molecule is Cc1ccc(Cl)cc1NC(=O)C1Sc2nnc(-c3ccccc3)n2NC1c1ccc(F)cc1. The van der Waals surface area contributed by atoms with Crippen molar-refractivity contribution in [3.8, 4) is 11.4 Å². The Labute approximate surface area is 199 Å². The number of amides is 1. The molecule has 1 amide bonds. The number of fused-ring (bicyclic) bond motifs is 1. The molecule has 0 saturated heterocycles. The second-order valence-corrected chi connectivity index (χ2v) is 9.20. The van der Waals surface area contributed by atoms with Crippen LogP contribution < -0.4 is 10.7 Å². The van der Waals surface area contributed by atoms with E-state index in [1.165, 1.54) is 23.9 Å². The highest BCUT2D eigenvalue weighted by Crippen LogP contribution is 2.39. The first-order valence-electron chi connectivity index (χ1n) is 10.3. The zero-order valence-electron chi connectivity index (χ0n) is 17.5. The second kappa shape index (κ2) is 8.88. The summed E-state index contributed by atoms with van der Waals surface area (Å²) in [6.07, 6.45) is 0. The van der Waals surface area contributed by atoms with Crippen molar-refractivity contribution >= 4 is 35.0 Å². The number of nitrogens with one attached hydrogen (secondary N) is 2. The van der Waals surface area contributed by atoms with Crippen LogP contribution >= 0.6 is 23.4 Å². The van der Waals surface area contributed by atoms with E-state index < -0.39 is 11.3 Å². The fraction of sp³-hybridized carbons (Fsp3) is 0.125. The summed E-state index contributed by atoms with van der Waals surface area (Å²) in [6.45, 7) is 1.90. The Bertz CT molecular complexity index is 1310. The van der Waals surface area contributed by atoms with Gasteiger partial charge in [0, 0.05) is 16.3 Å². The summed E-state index contributed by atoms with van der Waals surface area (Å²) in [7, 11) is 0. The van der Waals surface area contributed by atoms with Crippen molar-refractivity contribution in [3.05, 3.63) is 94.8 Å². The van der Waals surface area contributed by atoms with Crippen molar-refractivity contribution in [2.24, 2.45) is 0 Å². The van der Waals surface area contributed by atoms with Crippen LogP contribution in [0.1, 0.15) is 17.2 Å². The lowest BCUT2D eigenvalue weighted by Gasteiger charge is -2.33. The molecule has 0 spiro atoms. The van der Waals surface area contributed by atoms with Gasteiger partial charge in [-0.2, -0.15) is 0 Å². The van der Waals surface area contributed by atoms with Crippen molar-refractivity contribution in [2.45, 2.75) is 23.4 Å². The molecule has 2 atom stereocenters. The monoisotopic (exact) mass is 479 g/mol. The molecule has 1 aromatic heterocycles. The Balaban J connectivity index is 1.52. The summed E-state index contributed by atoms with van der Waals surface area (Å²) >= 11 is 7.43. The molecule has 166 valence electrons. The molecule has 1 aliphatic rings. The van der Waals surface area contributed by atoms with Gasteiger partial charge in [-0.1, -0.05) is 71.9 Å². The first-order chi connectivity index (χ1) is 16.0. The van der Waals surface area contributed by atoms with E-state index in [-0.39, 0.29) is 11.7 Å². The molecule has 3 aromatic carbocycles. The van der Waals surface area contributed by atoms with Crippen LogP contribution in [0.3, 0.4) is 0 Å². The molecule has 4 aromatic rings. The highest BCUT2D eigenvalue weighted by atomic mass is 35.5. The largest absolute Gasteiger partial charge is 0.325 e. The molecule has 6 nitrogen and oxygen atoms in total. The molecule has 0 bridgehead atoms. The number of anilines is 1. The van der Waals surface area contributed by atoms with E-state index in [0.29, 0.717) is 21.7 Å².